The van der Waals surface area contributed by atoms with Gasteiger partial charge in [-0.1, -0.05) is 6.92 Å². The van der Waals surface area contributed by atoms with E-state index in [-0.39, 0.29) is 5.97 Å². The number of ether oxygens (including phenoxy) is 1. The Labute approximate surface area is 102 Å². The predicted octanol–water partition coefficient (Wildman–Crippen LogP) is 1.43. The number of hydrogen-bond donors (Lipinski definition) is 0. The minimum absolute atomic E-state index is 0.177. The van der Waals surface area contributed by atoms with Gasteiger partial charge in [-0.2, -0.15) is 0 Å². The summed E-state index contributed by atoms with van der Waals surface area (Å²) in [5.74, 6) is 0.658. The van der Waals surface area contributed by atoms with Gasteiger partial charge in [0, 0.05) is 25.4 Å². The zero-order valence-corrected chi connectivity index (χ0v) is 10.6. The fourth-order valence-corrected chi connectivity index (χ4v) is 1.39. The van der Waals surface area contributed by atoms with Crippen molar-refractivity contribution < 1.29 is 9.53 Å². The number of carbonyl (C=O) groups excluding carboxylic acids is 1. The van der Waals surface area contributed by atoms with Crippen LogP contribution in [0.2, 0.25) is 0 Å². The van der Waals surface area contributed by atoms with Crippen LogP contribution in [-0.4, -0.2) is 36.1 Å². The third-order valence-electron chi connectivity index (χ3n) is 2.42. The van der Waals surface area contributed by atoms with Crippen LogP contribution in [0.25, 0.3) is 0 Å². The fourth-order valence-electron chi connectivity index (χ4n) is 1.39. The molecular weight excluding hydrogens is 218 g/mol. The summed E-state index contributed by atoms with van der Waals surface area (Å²) in [6.07, 6.45) is 2.80. The molecule has 5 heteroatoms. The van der Waals surface area contributed by atoms with E-state index in [0.717, 1.165) is 17.9 Å². The van der Waals surface area contributed by atoms with Crippen LogP contribution in [-0.2, 0) is 16.0 Å². The molecule has 0 aliphatic rings. The molecule has 1 aromatic heterocycles. The number of carbonyl (C=O) groups is 1. The van der Waals surface area contributed by atoms with Crippen molar-refractivity contribution in [2.24, 2.45) is 0 Å². The third-order valence-corrected chi connectivity index (χ3v) is 2.42. The molecule has 0 unspecified atom stereocenters. The van der Waals surface area contributed by atoms with Crippen molar-refractivity contribution in [2.75, 3.05) is 25.1 Å². The lowest BCUT2D eigenvalue weighted by atomic mass is 10.3. The minimum Gasteiger partial charge on any atom is -0.466 e. The first-order valence-electron chi connectivity index (χ1n) is 5.85. The second kappa shape index (κ2) is 6.83. The maximum atomic E-state index is 11.2. The molecule has 0 saturated carbocycles. The van der Waals surface area contributed by atoms with E-state index in [1.807, 2.05) is 24.9 Å². The Morgan fingerprint density at radius 1 is 1.41 bits per heavy atom. The number of aryl methyl sites for hydroxylation is 1. The van der Waals surface area contributed by atoms with E-state index < -0.39 is 0 Å². The molecule has 1 heterocycles. The highest BCUT2D eigenvalue weighted by atomic mass is 16.5. The lowest BCUT2D eigenvalue weighted by Crippen LogP contribution is -2.23. The maximum Gasteiger partial charge on any atom is 0.307 e. The van der Waals surface area contributed by atoms with Crippen molar-refractivity contribution in [3.05, 3.63) is 18.1 Å². The van der Waals surface area contributed by atoms with Gasteiger partial charge in [-0.3, -0.25) is 4.79 Å². The molecule has 0 bridgehead atoms. The molecule has 0 N–H and O–H groups in total. The number of esters is 1. The lowest BCUT2D eigenvalue weighted by molar-refractivity contribution is -0.142. The highest BCUT2D eigenvalue weighted by molar-refractivity contribution is 5.70. The second-order valence-electron chi connectivity index (χ2n) is 3.70. The monoisotopic (exact) mass is 237 g/mol. The van der Waals surface area contributed by atoms with Crippen LogP contribution < -0.4 is 4.90 Å². The highest BCUT2D eigenvalue weighted by Crippen LogP contribution is 2.09. The van der Waals surface area contributed by atoms with E-state index in [2.05, 4.69) is 9.97 Å². The average molecular weight is 237 g/mol. The molecule has 1 rings (SSSR count). The number of nitrogens with zero attached hydrogens (tertiary/aromatic N) is 3. The molecule has 0 spiro atoms. The normalized spacial score (nSPS) is 10.1. The van der Waals surface area contributed by atoms with Crippen molar-refractivity contribution in [1.82, 2.24) is 9.97 Å². The van der Waals surface area contributed by atoms with Crippen LogP contribution in [0.5, 0.6) is 0 Å². The zero-order chi connectivity index (χ0) is 12.7. The summed E-state index contributed by atoms with van der Waals surface area (Å²) in [4.78, 5) is 21.5. The summed E-state index contributed by atoms with van der Waals surface area (Å²) in [6, 6.07) is 1.94. The van der Waals surface area contributed by atoms with Crippen LogP contribution in [0, 0.1) is 0 Å². The molecule has 0 aliphatic carbocycles. The van der Waals surface area contributed by atoms with Crippen molar-refractivity contribution >= 4 is 11.8 Å². The first-order valence-corrected chi connectivity index (χ1v) is 5.85. The molecule has 0 radical (unpaired) electrons. The van der Waals surface area contributed by atoms with E-state index in [4.69, 9.17) is 4.74 Å². The molecule has 0 fully saturated rings. The van der Waals surface area contributed by atoms with Gasteiger partial charge >= 0.3 is 5.97 Å². The van der Waals surface area contributed by atoms with Crippen LogP contribution in [0.1, 0.15) is 26.0 Å². The minimum atomic E-state index is -0.177. The van der Waals surface area contributed by atoms with Gasteiger partial charge in [0.05, 0.1) is 13.0 Å². The van der Waals surface area contributed by atoms with E-state index in [1.165, 1.54) is 0 Å². The number of hydrogen-bond acceptors (Lipinski definition) is 5. The van der Waals surface area contributed by atoms with Gasteiger partial charge in [-0.05, 0) is 13.3 Å². The molecule has 1 aromatic rings. The van der Waals surface area contributed by atoms with Crippen LogP contribution in [0.4, 0.5) is 5.82 Å². The number of rotatable bonds is 6. The molecule has 0 aromatic carbocycles. The van der Waals surface area contributed by atoms with Crippen LogP contribution in [0.3, 0.4) is 0 Å². The van der Waals surface area contributed by atoms with E-state index in [1.54, 1.807) is 13.3 Å². The summed E-state index contributed by atoms with van der Waals surface area (Å²) < 4.78 is 4.87. The Morgan fingerprint density at radius 3 is 2.82 bits per heavy atom. The highest BCUT2D eigenvalue weighted by Gasteiger charge is 2.07. The number of aromatic nitrogens is 2. The Hall–Kier alpha value is -1.65. The largest absolute Gasteiger partial charge is 0.466 e. The summed E-state index contributed by atoms with van der Waals surface area (Å²) in [7, 11) is 1.90. The molecule has 0 aliphatic heterocycles. The summed E-state index contributed by atoms with van der Waals surface area (Å²) in [5.41, 5.74) is 0.998. The lowest BCUT2D eigenvalue weighted by Gasteiger charge is -2.17. The smallest absolute Gasteiger partial charge is 0.307 e. The Balaban J connectivity index is 2.51. The maximum absolute atomic E-state index is 11.2. The van der Waals surface area contributed by atoms with Crippen molar-refractivity contribution in [3.63, 3.8) is 0 Å². The van der Waals surface area contributed by atoms with Crippen LogP contribution >= 0.6 is 0 Å². The first-order chi connectivity index (χ1) is 8.17. The standard InChI is InChI=1S/C12H19N3O2/c1-4-10-8-11(14-9-13-10)15(3)7-6-12(16)17-5-2/h8-9H,4-7H2,1-3H3. The summed E-state index contributed by atoms with van der Waals surface area (Å²) in [6.45, 7) is 4.87. The quantitative estimate of drug-likeness (QED) is 0.700. The molecule has 0 atom stereocenters. The Bertz CT molecular complexity index is 369. The first kappa shape index (κ1) is 13.4. The van der Waals surface area contributed by atoms with Gasteiger partial charge < -0.3 is 9.64 Å². The molecule has 17 heavy (non-hydrogen) atoms. The molecule has 5 nitrogen and oxygen atoms in total. The van der Waals surface area contributed by atoms with Gasteiger partial charge in [-0.25, -0.2) is 9.97 Å². The Morgan fingerprint density at radius 2 is 2.18 bits per heavy atom. The molecule has 94 valence electrons. The second-order valence-corrected chi connectivity index (χ2v) is 3.70. The van der Waals surface area contributed by atoms with Crippen molar-refractivity contribution in [3.8, 4) is 0 Å². The third kappa shape index (κ3) is 4.38. The SMILES string of the molecule is CCOC(=O)CCN(C)c1cc(CC)ncn1. The van der Waals surface area contributed by atoms with Crippen molar-refractivity contribution in [1.29, 1.82) is 0 Å². The zero-order valence-electron chi connectivity index (χ0n) is 10.6. The molecule has 0 saturated heterocycles. The molecular formula is C12H19N3O2. The topological polar surface area (TPSA) is 55.3 Å². The van der Waals surface area contributed by atoms with E-state index in [9.17, 15) is 4.79 Å². The predicted molar refractivity (Wildman–Crippen MR) is 65.9 cm³/mol. The van der Waals surface area contributed by atoms with E-state index in [0.29, 0.717) is 19.6 Å². The van der Waals surface area contributed by atoms with E-state index >= 15 is 0 Å². The van der Waals surface area contributed by atoms with Gasteiger partial charge in [0.25, 0.3) is 0 Å². The molecule has 0 amide bonds. The summed E-state index contributed by atoms with van der Waals surface area (Å²) >= 11 is 0. The number of anilines is 1. The van der Waals surface area contributed by atoms with Gasteiger partial charge in [0.15, 0.2) is 0 Å². The van der Waals surface area contributed by atoms with Crippen LogP contribution in [0.15, 0.2) is 12.4 Å². The Kier molecular flexibility index (Phi) is 5.39. The fraction of sp³-hybridized carbons (Fsp3) is 0.583. The van der Waals surface area contributed by atoms with Gasteiger partial charge in [0.1, 0.15) is 12.1 Å². The van der Waals surface area contributed by atoms with Crippen molar-refractivity contribution in [2.45, 2.75) is 26.7 Å². The van der Waals surface area contributed by atoms with Gasteiger partial charge in [-0.15, -0.1) is 0 Å². The average Bonchev–Trinajstić information content (AvgIpc) is 2.36. The van der Waals surface area contributed by atoms with Gasteiger partial charge in [0.2, 0.25) is 0 Å². The summed E-state index contributed by atoms with van der Waals surface area (Å²) in [5, 5.41) is 0.